The van der Waals surface area contributed by atoms with E-state index in [9.17, 15) is 0 Å². The third kappa shape index (κ3) is 2.87. The summed E-state index contributed by atoms with van der Waals surface area (Å²) in [7, 11) is 0. The van der Waals surface area contributed by atoms with Gasteiger partial charge in [0.2, 0.25) is 0 Å². The van der Waals surface area contributed by atoms with Gasteiger partial charge in [0.1, 0.15) is 0 Å². The number of rotatable bonds is 3. The Hall–Kier alpha value is -0.900. The standard InChI is InChI=1S/C18H27N3/c1-2-5-15(6-3-1)13-20-12-11-19-18(14-20)21-16-7-4-8-17(21)10-9-16/h1-3,5-6,16-19H,4,7-14H2. The second-order valence-electron chi connectivity index (χ2n) is 6.95. The van der Waals surface area contributed by atoms with E-state index in [0.717, 1.165) is 25.2 Å². The van der Waals surface area contributed by atoms with Gasteiger partial charge in [0.05, 0.1) is 6.17 Å². The third-order valence-electron chi connectivity index (χ3n) is 5.60. The van der Waals surface area contributed by atoms with Crippen molar-refractivity contribution in [1.82, 2.24) is 15.1 Å². The van der Waals surface area contributed by atoms with Crippen LogP contribution in [0.2, 0.25) is 0 Å². The summed E-state index contributed by atoms with van der Waals surface area (Å²) < 4.78 is 0. The van der Waals surface area contributed by atoms with Gasteiger partial charge in [0, 0.05) is 38.3 Å². The summed E-state index contributed by atoms with van der Waals surface area (Å²) in [5.74, 6) is 0. The first-order valence-electron chi connectivity index (χ1n) is 8.67. The van der Waals surface area contributed by atoms with Gasteiger partial charge in [-0.3, -0.25) is 15.1 Å². The number of piperazine rings is 1. The summed E-state index contributed by atoms with van der Waals surface area (Å²) in [6.07, 6.45) is 7.75. The van der Waals surface area contributed by atoms with Gasteiger partial charge in [-0.15, -0.1) is 0 Å². The van der Waals surface area contributed by atoms with Crippen molar-refractivity contribution in [3.05, 3.63) is 35.9 Å². The van der Waals surface area contributed by atoms with Crippen LogP contribution in [-0.4, -0.2) is 47.7 Å². The number of fused-ring (bicyclic) bond motifs is 2. The molecule has 3 unspecified atom stereocenters. The van der Waals surface area contributed by atoms with E-state index in [0.29, 0.717) is 6.17 Å². The zero-order valence-corrected chi connectivity index (χ0v) is 12.9. The third-order valence-corrected chi connectivity index (χ3v) is 5.60. The van der Waals surface area contributed by atoms with E-state index in [4.69, 9.17) is 0 Å². The highest BCUT2D eigenvalue weighted by Gasteiger charge is 2.41. The lowest BCUT2D eigenvalue weighted by Crippen LogP contribution is -2.61. The van der Waals surface area contributed by atoms with Gasteiger partial charge < -0.3 is 0 Å². The topological polar surface area (TPSA) is 18.5 Å². The molecule has 3 fully saturated rings. The summed E-state index contributed by atoms with van der Waals surface area (Å²) >= 11 is 0. The first kappa shape index (κ1) is 13.7. The van der Waals surface area contributed by atoms with E-state index >= 15 is 0 Å². The van der Waals surface area contributed by atoms with Crippen LogP contribution in [0, 0.1) is 0 Å². The van der Waals surface area contributed by atoms with Crippen LogP contribution in [0.3, 0.4) is 0 Å². The average molecular weight is 285 g/mol. The zero-order chi connectivity index (χ0) is 14.1. The van der Waals surface area contributed by atoms with E-state index < -0.39 is 0 Å². The molecule has 21 heavy (non-hydrogen) atoms. The van der Waals surface area contributed by atoms with Crippen molar-refractivity contribution in [3.8, 4) is 0 Å². The van der Waals surface area contributed by atoms with E-state index in [2.05, 4.69) is 45.4 Å². The minimum atomic E-state index is 0.584. The second-order valence-corrected chi connectivity index (χ2v) is 6.95. The predicted molar refractivity (Wildman–Crippen MR) is 86.0 cm³/mol. The lowest BCUT2D eigenvalue weighted by Gasteiger charge is -2.45. The number of hydrogen-bond acceptors (Lipinski definition) is 3. The zero-order valence-electron chi connectivity index (χ0n) is 12.9. The molecule has 3 heterocycles. The number of nitrogens with one attached hydrogen (secondary N) is 1. The largest absolute Gasteiger partial charge is 0.299 e. The first-order valence-corrected chi connectivity index (χ1v) is 8.67. The molecule has 3 saturated heterocycles. The molecule has 3 atom stereocenters. The van der Waals surface area contributed by atoms with Crippen molar-refractivity contribution >= 4 is 0 Å². The Morgan fingerprint density at radius 3 is 2.52 bits per heavy atom. The Kier molecular flexibility index (Phi) is 3.97. The fourth-order valence-corrected chi connectivity index (χ4v) is 4.64. The van der Waals surface area contributed by atoms with Crippen molar-refractivity contribution in [2.75, 3.05) is 19.6 Å². The second kappa shape index (κ2) is 6.07. The summed E-state index contributed by atoms with van der Waals surface area (Å²) in [6.45, 7) is 4.59. The van der Waals surface area contributed by atoms with Crippen LogP contribution < -0.4 is 5.32 Å². The van der Waals surface area contributed by atoms with Crippen LogP contribution in [0.5, 0.6) is 0 Å². The minimum Gasteiger partial charge on any atom is -0.299 e. The number of benzene rings is 1. The van der Waals surface area contributed by atoms with Crippen LogP contribution in [0.4, 0.5) is 0 Å². The van der Waals surface area contributed by atoms with Gasteiger partial charge in [-0.1, -0.05) is 36.8 Å². The van der Waals surface area contributed by atoms with E-state index in [1.54, 1.807) is 0 Å². The summed E-state index contributed by atoms with van der Waals surface area (Å²) in [5.41, 5.74) is 1.44. The molecule has 2 bridgehead atoms. The fraction of sp³-hybridized carbons (Fsp3) is 0.667. The molecule has 1 aromatic carbocycles. The first-order chi connectivity index (χ1) is 10.4. The molecule has 1 aromatic rings. The summed E-state index contributed by atoms with van der Waals surface area (Å²) in [5, 5.41) is 3.79. The molecule has 0 amide bonds. The molecule has 3 aliphatic rings. The van der Waals surface area contributed by atoms with Crippen LogP contribution >= 0.6 is 0 Å². The van der Waals surface area contributed by atoms with Gasteiger partial charge >= 0.3 is 0 Å². The Morgan fingerprint density at radius 2 is 1.76 bits per heavy atom. The van der Waals surface area contributed by atoms with Gasteiger partial charge in [0.25, 0.3) is 0 Å². The van der Waals surface area contributed by atoms with Crippen molar-refractivity contribution in [3.63, 3.8) is 0 Å². The Morgan fingerprint density at radius 1 is 1.00 bits per heavy atom. The monoisotopic (exact) mass is 285 g/mol. The van der Waals surface area contributed by atoms with E-state index in [1.165, 1.54) is 50.8 Å². The summed E-state index contributed by atoms with van der Waals surface area (Å²) in [4.78, 5) is 5.46. The van der Waals surface area contributed by atoms with Crippen LogP contribution in [0.15, 0.2) is 30.3 Å². The van der Waals surface area contributed by atoms with Crippen LogP contribution in [0.25, 0.3) is 0 Å². The van der Waals surface area contributed by atoms with E-state index in [1.807, 2.05) is 0 Å². The van der Waals surface area contributed by atoms with Gasteiger partial charge in [-0.25, -0.2) is 0 Å². The molecule has 0 aliphatic carbocycles. The Balaban J connectivity index is 1.41. The highest BCUT2D eigenvalue weighted by atomic mass is 15.4. The molecular weight excluding hydrogens is 258 g/mol. The molecule has 3 nitrogen and oxygen atoms in total. The fourth-order valence-electron chi connectivity index (χ4n) is 4.64. The summed E-state index contributed by atoms with van der Waals surface area (Å²) in [6, 6.07) is 12.6. The van der Waals surface area contributed by atoms with Crippen molar-refractivity contribution < 1.29 is 0 Å². The number of hydrogen-bond donors (Lipinski definition) is 1. The average Bonchev–Trinajstić information content (AvgIpc) is 2.78. The Bertz CT molecular complexity index is 445. The number of nitrogens with zero attached hydrogens (tertiary/aromatic N) is 2. The highest BCUT2D eigenvalue weighted by Crippen LogP contribution is 2.37. The molecule has 3 aliphatic heterocycles. The maximum absolute atomic E-state index is 3.79. The molecule has 114 valence electrons. The van der Waals surface area contributed by atoms with Gasteiger partial charge in [-0.2, -0.15) is 0 Å². The SMILES string of the molecule is c1ccc(CN2CCNC(N3C4CCCC3CC4)C2)cc1. The molecule has 4 rings (SSSR count). The quantitative estimate of drug-likeness (QED) is 0.920. The van der Waals surface area contributed by atoms with Gasteiger partial charge in [-0.05, 0) is 31.2 Å². The molecule has 0 saturated carbocycles. The normalized spacial score (nSPS) is 34.2. The van der Waals surface area contributed by atoms with Crippen LogP contribution in [-0.2, 0) is 6.54 Å². The predicted octanol–water partition coefficient (Wildman–Crippen LogP) is 2.43. The molecular formula is C18H27N3. The lowest BCUT2D eigenvalue weighted by molar-refractivity contribution is 0.0229. The maximum Gasteiger partial charge on any atom is 0.0733 e. The molecule has 3 heteroatoms. The molecule has 0 radical (unpaired) electrons. The molecule has 0 spiro atoms. The van der Waals surface area contributed by atoms with E-state index in [-0.39, 0.29) is 0 Å². The smallest absolute Gasteiger partial charge is 0.0733 e. The lowest BCUT2D eigenvalue weighted by atomic mass is 10.0. The molecule has 1 N–H and O–H groups in total. The number of piperidine rings is 1. The maximum atomic E-state index is 3.79. The minimum absolute atomic E-state index is 0.584. The Labute approximate surface area is 128 Å². The van der Waals surface area contributed by atoms with Crippen LogP contribution in [0.1, 0.15) is 37.7 Å². The van der Waals surface area contributed by atoms with Crippen molar-refractivity contribution in [1.29, 1.82) is 0 Å². The van der Waals surface area contributed by atoms with Gasteiger partial charge in [0.15, 0.2) is 0 Å². The van der Waals surface area contributed by atoms with Crippen molar-refractivity contribution in [2.45, 2.75) is 56.9 Å². The highest BCUT2D eigenvalue weighted by molar-refractivity contribution is 5.14. The molecule has 0 aromatic heterocycles. The van der Waals surface area contributed by atoms with Crippen molar-refractivity contribution in [2.24, 2.45) is 0 Å².